The molecule has 0 fully saturated rings. The van der Waals surface area contributed by atoms with Gasteiger partial charge in [-0.2, -0.15) is 0 Å². The molecule has 29 heavy (non-hydrogen) atoms. The first-order valence-corrected chi connectivity index (χ1v) is 9.02. The lowest BCUT2D eigenvalue weighted by Gasteiger charge is -2.22. The fraction of sp³-hybridized carbons (Fsp3) is 0.286. The highest BCUT2D eigenvalue weighted by Crippen LogP contribution is 2.13. The molecule has 0 saturated carbocycles. The highest BCUT2D eigenvalue weighted by Gasteiger charge is 2.25. The lowest BCUT2D eigenvalue weighted by Crippen LogP contribution is -2.54. The van der Waals surface area contributed by atoms with Crippen LogP contribution in [0.3, 0.4) is 0 Å². The van der Waals surface area contributed by atoms with Crippen LogP contribution in [-0.2, 0) is 27.2 Å². The number of primary amides is 1. The third-order valence-electron chi connectivity index (χ3n) is 4.31. The molecule has 2 aromatic carbocycles. The fourth-order valence-electron chi connectivity index (χ4n) is 2.80. The molecule has 0 bridgehead atoms. The number of carbonyl (C=O) groups excluding carboxylic acids is 3. The summed E-state index contributed by atoms with van der Waals surface area (Å²) in [4.78, 5) is 36.1. The summed E-state index contributed by atoms with van der Waals surface area (Å²) in [7, 11) is 1.55. The number of carbonyl (C=O) groups is 3. The van der Waals surface area contributed by atoms with Crippen LogP contribution in [0.2, 0.25) is 0 Å². The van der Waals surface area contributed by atoms with Gasteiger partial charge in [-0.15, -0.1) is 0 Å². The third kappa shape index (κ3) is 6.91. The minimum Gasteiger partial charge on any atom is -0.497 e. The van der Waals surface area contributed by atoms with E-state index in [9.17, 15) is 18.8 Å². The Balaban J connectivity index is 2.11. The molecule has 4 N–H and O–H groups in total. The molecule has 3 amide bonds. The molecule has 7 nitrogen and oxygen atoms in total. The lowest BCUT2D eigenvalue weighted by atomic mass is 10.0. The Morgan fingerprint density at radius 2 is 1.45 bits per heavy atom. The minimum absolute atomic E-state index is 0.139. The van der Waals surface area contributed by atoms with Gasteiger partial charge in [-0.3, -0.25) is 14.4 Å². The van der Waals surface area contributed by atoms with Gasteiger partial charge in [-0.05, 0) is 35.4 Å². The van der Waals surface area contributed by atoms with Crippen molar-refractivity contribution in [1.82, 2.24) is 10.6 Å². The number of hydrogen-bond acceptors (Lipinski definition) is 4. The predicted octanol–water partition coefficient (Wildman–Crippen LogP) is 1.09. The molecule has 0 aliphatic heterocycles. The minimum atomic E-state index is -0.958. The lowest BCUT2D eigenvalue weighted by molar-refractivity contribution is -0.130. The van der Waals surface area contributed by atoms with Crippen molar-refractivity contribution in [3.05, 3.63) is 65.5 Å². The number of hydrogen-bond donors (Lipinski definition) is 3. The fourth-order valence-corrected chi connectivity index (χ4v) is 2.80. The molecule has 0 unspecified atom stereocenters. The first-order valence-electron chi connectivity index (χ1n) is 9.02. The summed E-state index contributed by atoms with van der Waals surface area (Å²) < 4.78 is 18.2. The Morgan fingerprint density at radius 1 is 0.931 bits per heavy atom. The van der Waals surface area contributed by atoms with E-state index in [0.29, 0.717) is 11.3 Å². The molecular formula is C21H24FN3O4. The monoisotopic (exact) mass is 401 g/mol. The van der Waals surface area contributed by atoms with Crippen LogP contribution in [0.4, 0.5) is 4.39 Å². The summed E-state index contributed by atoms with van der Waals surface area (Å²) in [5, 5.41) is 5.15. The maximum Gasteiger partial charge on any atom is 0.243 e. The molecule has 0 saturated heterocycles. The van der Waals surface area contributed by atoms with Gasteiger partial charge in [0.2, 0.25) is 17.7 Å². The van der Waals surface area contributed by atoms with Gasteiger partial charge < -0.3 is 21.1 Å². The van der Waals surface area contributed by atoms with Crippen molar-refractivity contribution in [3.63, 3.8) is 0 Å². The van der Waals surface area contributed by atoms with Gasteiger partial charge in [0, 0.05) is 19.8 Å². The zero-order valence-corrected chi connectivity index (χ0v) is 16.3. The van der Waals surface area contributed by atoms with Crippen molar-refractivity contribution in [1.29, 1.82) is 0 Å². The van der Waals surface area contributed by atoms with E-state index in [-0.39, 0.29) is 12.8 Å². The first kappa shape index (κ1) is 21.9. The van der Waals surface area contributed by atoms with Crippen LogP contribution in [0.15, 0.2) is 48.5 Å². The van der Waals surface area contributed by atoms with E-state index in [1.807, 2.05) is 0 Å². The second-order valence-electron chi connectivity index (χ2n) is 6.60. The van der Waals surface area contributed by atoms with E-state index in [1.54, 1.807) is 31.4 Å². The number of amides is 3. The molecule has 0 aliphatic rings. The molecule has 0 spiro atoms. The van der Waals surface area contributed by atoms with Crippen molar-refractivity contribution in [3.8, 4) is 5.75 Å². The zero-order valence-electron chi connectivity index (χ0n) is 16.3. The summed E-state index contributed by atoms with van der Waals surface area (Å²) in [5.74, 6) is -1.39. The Bertz CT molecular complexity index is 853. The number of methoxy groups -OCH3 is 1. The molecule has 154 valence electrons. The van der Waals surface area contributed by atoms with Gasteiger partial charge in [0.05, 0.1) is 7.11 Å². The van der Waals surface area contributed by atoms with Crippen molar-refractivity contribution < 1.29 is 23.5 Å². The van der Waals surface area contributed by atoms with Crippen LogP contribution >= 0.6 is 0 Å². The summed E-state index contributed by atoms with van der Waals surface area (Å²) in [6.45, 7) is 1.29. The molecule has 0 radical (unpaired) electrons. The van der Waals surface area contributed by atoms with Crippen molar-refractivity contribution in [2.75, 3.05) is 7.11 Å². The average Bonchev–Trinajstić information content (AvgIpc) is 2.68. The largest absolute Gasteiger partial charge is 0.497 e. The SMILES string of the molecule is COc1ccc(C[C@@H](NC(=O)[C@H](Cc2ccc(F)cc2)NC(C)=O)C(N)=O)cc1. The van der Waals surface area contributed by atoms with Gasteiger partial charge in [0.15, 0.2) is 0 Å². The topological polar surface area (TPSA) is 111 Å². The molecule has 0 aromatic heterocycles. The Kier molecular flexibility index (Phi) is 7.70. The van der Waals surface area contributed by atoms with Crippen LogP contribution in [0.1, 0.15) is 18.1 Å². The van der Waals surface area contributed by atoms with Crippen LogP contribution < -0.4 is 21.1 Å². The Labute approximate surface area is 168 Å². The second kappa shape index (κ2) is 10.2. The zero-order chi connectivity index (χ0) is 21.4. The number of ether oxygens (including phenoxy) is 1. The van der Waals surface area contributed by atoms with Gasteiger partial charge in [0.25, 0.3) is 0 Å². The van der Waals surface area contributed by atoms with Gasteiger partial charge in [-0.1, -0.05) is 24.3 Å². The highest BCUT2D eigenvalue weighted by atomic mass is 19.1. The highest BCUT2D eigenvalue weighted by molar-refractivity contribution is 5.91. The van der Waals surface area contributed by atoms with Crippen LogP contribution in [0.5, 0.6) is 5.75 Å². The summed E-state index contributed by atoms with van der Waals surface area (Å²) in [6, 6.07) is 10.7. The molecule has 2 rings (SSSR count). The van der Waals surface area contributed by atoms with E-state index in [0.717, 1.165) is 5.56 Å². The predicted molar refractivity (Wildman–Crippen MR) is 106 cm³/mol. The number of rotatable bonds is 9. The first-order chi connectivity index (χ1) is 13.8. The normalized spacial score (nSPS) is 12.5. The van der Waals surface area contributed by atoms with Crippen molar-refractivity contribution in [2.24, 2.45) is 5.73 Å². The smallest absolute Gasteiger partial charge is 0.243 e. The number of nitrogens with two attached hydrogens (primary N) is 1. The van der Waals surface area contributed by atoms with Crippen LogP contribution in [0, 0.1) is 5.82 Å². The summed E-state index contributed by atoms with van der Waals surface area (Å²) in [6.07, 6.45) is 0.327. The van der Waals surface area contributed by atoms with Gasteiger partial charge >= 0.3 is 0 Å². The van der Waals surface area contributed by atoms with E-state index < -0.39 is 35.6 Å². The van der Waals surface area contributed by atoms with E-state index in [4.69, 9.17) is 10.5 Å². The van der Waals surface area contributed by atoms with E-state index in [1.165, 1.54) is 31.2 Å². The van der Waals surface area contributed by atoms with Crippen LogP contribution in [0.25, 0.3) is 0 Å². The maximum atomic E-state index is 13.1. The second-order valence-corrected chi connectivity index (χ2v) is 6.60. The average molecular weight is 401 g/mol. The molecule has 8 heteroatoms. The maximum absolute atomic E-state index is 13.1. The number of nitrogens with one attached hydrogen (secondary N) is 2. The molecule has 2 atom stereocenters. The molecule has 0 aliphatic carbocycles. The van der Waals surface area contributed by atoms with Gasteiger partial charge in [0.1, 0.15) is 23.7 Å². The van der Waals surface area contributed by atoms with Gasteiger partial charge in [-0.25, -0.2) is 4.39 Å². The van der Waals surface area contributed by atoms with Crippen LogP contribution in [-0.4, -0.2) is 36.9 Å². The van der Waals surface area contributed by atoms with Crippen molar-refractivity contribution in [2.45, 2.75) is 31.8 Å². The molecule has 0 heterocycles. The number of halogens is 1. The van der Waals surface area contributed by atoms with Crippen molar-refractivity contribution >= 4 is 17.7 Å². The summed E-state index contributed by atoms with van der Waals surface area (Å²) >= 11 is 0. The molecular weight excluding hydrogens is 377 g/mol. The standard InChI is InChI=1S/C21H24FN3O4/c1-13(26)24-19(12-14-3-7-16(22)8-4-14)21(28)25-18(20(23)27)11-15-5-9-17(29-2)10-6-15/h3-10,18-19H,11-12H2,1-2H3,(H2,23,27)(H,24,26)(H,25,28)/t18-,19+/m1/s1. The quantitative estimate of drug-likeness (QED) is 0.584. The Morgan fingerprint density at radius 3 is 1.93 bits per heavy atom. The Hall–Kier alpha value is -3.42. The third-order valence-corrected chi connectivity index (χ3v) is 4.31. The van der Waals surface area contributed by atoms with E-state index >= 15 is 0 Å². The number of benzene rings is 2. The summed E-state index contributed by atoms with van der Waals surface area (Å²) in [5.41, 5.74) is 6.89. The molecule has 2 aromatic rings. The van der Waals surface area contributed by atoms with E-state index in [2.05, 4.69) is 10.6 Å².